The van der Waals surface area contributed by atoms with Gasteiger partial charge in [0.05, 0.1) is 0 Å². The molecule has 1 heterocycles. The third-order valence-corrected chi connectivity index (χ3v) is 6.40. The fourth-order valence-electron chi connectivity index (χ4n) is 2.60. The number of sulfonamides is 1. The Kier molecular flexibility index (Phi) is 5.11. The van der Waals surface area contributed by atoms with Gasteiger partial charge in [0.15, 0.2) is 0 Å². The second-order valence-corrected chi connectivity index (χ2v) is 8.81. The number of hydrogen-bond acceptors (Lipinski definition) is 4. The Balaban J connectivity index is 1.79. The maximum absolute atomic E-state index is 12.5. The van der Waals surface area contributed by atoms with E-state index in [-0.39, 0.29) is 10.1 Å². The van der Waals surface area contributed by atoms with Gasteiger partial charge < -0.3 is 5.32 Å². The summed E-state index contributed by atoms with van der Waals surface area (Å²) in [6.45, 7) is 3.92. The maximum Gasteiger partial charge on any atom is 0.271 e. The van der Waals surface area contributed by atoms with E-state index in [1.54, 1.807) is 29.6 Å². The standard InChI is InChI=1S/C19H18N2O3S2/c1-13-9-14(2)11-17(10-13)20-19(22)15-5-3-6-16(12-15)21-26(23,24)18-7-4-8-25-18/h3-12,21H,1-2H3,(H,20,22). The molecule has 5 nitrogen and oxygen atoms in total. The van der Waals surface area contributed by atoms with Crippen LogP contribution in [0.5, 0.6) is 0 Å². The molecule has 0 atom stereocenters. The number of hydrogen-bond donors (Lipinski definition) is 2. The average molecular weight is 386 g/mol. The molecule has 0 radical (unpaired) electrons. The number of aryl methyl sites for hydroxylation is 2. The summed E-state index contributed by atoms with van der Waals surface area (Å²) in [5.74, 6) is -0.299. The van der Waals surface area contributed by atoms with Crippen LogP contribution >= 0.6 is 11.3 Å². The van der Waals surface area contributed by atoms with Gasteiger partial charge >= 0.3 is 0 Å². The Morgan fingerprint density at radius 3 is 2.31 bits per heavy atom. The molecule has 0 saturated carbocycles. The Hall–Kier alpha value is -2.64. The van der Waals surface area contributed by atoms with Gasteiger partial charge in [0.25, 0.3) is 15.9 Å². The predicted molar refractivity (Wildman–Crippen MR) is 105 cm³/mol. The zero-order valence-electron chi connectivity index (χ0n) is 14.3. The van der Waals surface area contributed by atoms with E-state index in [9.17, 15) is 13.2 Å². The minimum atomic E-state index is -3.65. The van der Waals surface area contributed by atoms with Crippen molar-refractivity contribution < 1.29 is 13.2 Å². The summed E-state index contributed by atoms with van der Waals surface area (Å²) in [6.07, 6.45) is 0. The molecule has 0 fully saturated rings. The van der Waals surface area contributed by atoms with Crippen LogP contribution in [0, 0.1) is 13.8 Å². The molecule has 0 bridgehead atoms. The van der Waals surface area contributed by atoms with E-state index in [0.29, 0.717) is 16.9 Å². The molecule has 1 aromatic heterocycles. The van der Waals surface area contributed by atoms with Crippen molar-refractivity contribution >= 4 is 38.6 Å². The molecule has 2 aromatic carbocycles. The van der Waals surface area contributed by atoms with Crippen molar-refractivity contribution in [1.82, 2.24) is 0 Å². The minimum absolute atomic E-state index is 0.225. The Morgan fingerprint density at radius 2 is 1.65 bits per heavy atom. The van der Waals surface area contributed by atoms with Gasteiger partial charge in [0, 0.05) is 16.9 Å². The normalized spacial score (nSPS) is 11.2. The van der Waals surface area contributed by atoms with E-state index in [4.69, 9.17) is 0 Å². The highest BCUT2D eigenvalue weighted by atomic mass is 32.2. The lowest BCUT2D eigenvalue weighted by Gasteiger charge is -2.10. The van der Waals surface area contributed by atoms with Crippen LogP contribution in [0.25, 0.3) is 0 Å². The summed E-state index contributed by atoms with van der Waals surface area (Å²) >= 11 is 1.13. The van der Waals surface area contributed by atoms with Crippen LogP contribution in [0.15, 0.2) is 64.2 Å². The number of carbonyl (C=O) groups excluding carboxylic acids is 1. The SMILES string of the molecule is Cc1cc(C)cc(NC(=O)c2cccc(NS(=O)(=O)c3cccs3)c2)c1. The summed E-state index contributed by atoms with van der Waals surface area (Å²) in [7, 11) is -3.65. The van der Waals surface area contributed by atoms with Crippen LogP contribution < -0.4 is 10.0 Å². The highest BCUT2D eigenvalue weighted by Crippen LogP contribution is 2.21. The molecule has 0 spiro atoms. The number of rotatable bonds is 5. The monoisotopic (exact) mass is 386 g/mol. The quantitative estimate of drug-likeness (QED) is 0.682. The van der Waals surface area contributed by atoms with Gasteiger partial charge in [-0.25, -0.2) is 8.42 Å². The molecule has 0 aliphatic rings. The van der Waals surface area contributed by atoms with Gasteiger partial charge in [-0.15, -0.1) is 11.3 Å². The fourth-order valence-corrected chi connectivity index (χ4v) is 4.64. The third-order valence-electron chi connectivity index (χ3n) is 3.62. The molecular formula is C19H18N2O3S2. The first-order valence-corrected chi connectivity index (χ1v) is 10.3. The van der Waals surface area contributed by atoms with E-state index in [1.165, 1.54) is 12.1 Å². The lowest BCUT2D eigenvalue weighted by atomic mass is 10.1. The molecular weight excluding hydrogens is 368 g/mol. The van der Waals surface area contributed by atoms with Gasteiger partial charge in [-0.05, 0) is 66.8 Å². The highest BCUT2D eigenvalue weighted by molar-refractivity contribution is 7.94. The van der Waals surface area contributed by atoms with Crippen molar-refractivity contribution in [2.24, 2.45) is 0 Å². The van der Waals surface area contributed by atoms with E-state index < -0.39 is 10.0 Å². The summed E-state index contributed by atoms with van der Waals surface area (Å²) in [5, 5.41) is 4.54. The third kappa shape index (κ3) is 4.30. The van der Waals surface area contributed by atoms with Crippen molar-refractivity contribution in [2.45, 2.75) is 18.1 Å². The topological polar surface area (TPSA) is 75.3 Å². The second-order valence-electron chi connectivity index (χ2n) is 5.95. The van der Waals surface area contributed by atoms with Crippen molar-refractivity contribution in [2.75, 3.05) is 10.0 Å². The number of benzene rings is 2. The van der Waals surface area contributed by atoms with Crippen molar-refractivity contribution in [3.05, 3.63) is 76.7 Å². The summed E-state index contributed by atoms with van der Waals surface area (Å²) in [5.41, 5.74) is 3.52. The minimum Gasteiger partial charge on any atom is -0.322 e. The van der Waals surface area contributed by atoms with Crippen LogP contribution in [0.2, 0.25) is 0 Å². The maximum atomic E-state index is 12.5. The Morgan fingerprint density at radius 1 is 0.923 bits per heavy atom. The number of nitrogens with one attached hydrogen (secondary N) is 2. The first-order valence-electron chi connectivity index (χ1n) is 7.89. The zero-order chi connectivity index (χ0) is 18.7. The molecule has 0 aliphatic carbocycles. The molecule has 7 heteroatoms. The van der Waals surface area contributed by atoms with Crippen LogP contribution in [0.1, 0.15) is 21.5 Å². The Labute approximate surface area is 156 Å². The lowest BCUT2D eigenvalue weighted by molar-refractivity contribution is 0.102. The first-order chi connectivity index (χ1) is 12.3. The smallest absolute Gasteiger partial charge is 0.271 e. The van der Waals surface area contributed by atoms with Gasteiger partial charge in [-0.2, -0.15) is 0 Å². The molecule has 134 valence electrons. The molecule has 1 amide bonds. The van der Waals surface area contributed by atoms with Gasteiger partial charge in [-0.1, -0.05) is 18.2 Å². The number of carbonyl (C=O) groups is 1. The lowest BCUT2D eigenvalue weighted by Crippen LogP contribution is -2.14. The van der Waals surface area contributed by atoms with Gasteiger partial charge in [0.1, 0.15) is 4.21 Å². The number of amides is 1. The average Bonchev–Trinajstić information content (AvgIpc) is 3.09. The largest absolute Gasteiger partial charge is 0.322 e. The van der Waals surface area contributed by atoms with Crippen molar-refractivity contribution in [3.8, 4) is 0 Å². The number of anilines is 2. The molecule has 26 heavy (non-hydrogen) atoms. The van der Waals surface area contributed by atoms with E-state index >= 15 is 0 Å². The van der Waals surface area contributed by atoms with Crippen LogP contribution in [0.3, 0.4) is 0 Å². The fraction of sp³-hybridized carbons (Fsp3) is 0.105. The molecule has 3 aromatic rings. The molecule has 0 aliphatic heterocycles. The van der Waals surface area contributed by atoms with E-state index in [2.05, 4.69) is 10.0 Å². The summed E-state index contributed by atoms with van der Waals surface area (Å²) in [6, 6.07) is 15.4. The molecule has 0 saturated heterocycles. The Bertz CT molecular complexity index is 1020. The predicted octanol–water partition coefficient (Wildman–Crippen LogP) is 4.42. The van der Waals surface area contributed by atoms with E-state index in [1.807, 2.05) is 32.0 Å². The molecule has 0 unspecified atom stereocenters. The summed E-state index contributed by atoms with van der Waals surface area (Å²) in [4.78, 5) is 12.5. The van der Waals surface area contributed by atoms with Crippen LogP contribution in [-0.2, 0) is 10.0 Å². The van der Waals surface area contributed by atoms with Crippen LogP contribution in [-0.4, -0.2) is 14.3 Å². The van der Waals surface area contributed by atoms with Crippen molar-refractivity contribution in [1.29, 1.82) is 0 Å². The second kappa shape index (κ2) is 7.31. The van der Waals surface area contributed by atoms with Crippen molar-refractivity contribution in [3.63, 3.8) is 0 Å². The zero-order valence-corrected chi connectivity index (χ0v) is 15.9. The molecule has 3 rings (SSSR count). The van der Waals surface area contributed by atoms with Gasteiger partial charge in [0.2, 0.25) is 0 Å². The van der Waals surface area contributed by atoms with E-state index in [0.717, 1.165) is 22.5 Å². The number of thiophene rings is 1. The molecule has 2 N–H and O–H groups in total. The highest BCUT2D eigenvalue weighted by Gasteiger charge is 2.16. The van der Waals surface area contributed by atoms with Gasteiger partial charge in [-0.3, -0.25) is 9.52 Å². The first kappa shape index (κ1) is 18.2. The van der Waals surface area contributed by atoms with Crippen LogP contribution in [0.4, 0.5) is 11.4 Å². The summed E-state index contributed by atoms with van der Waals surface area (Å²) < 4.78 is 27.3.